The van der Waals surface area contributed by atoms with Crippen LogP contribution in [-0.4, -0.2) is 38.8 Å². The fourth-order valence-electron chi connectivity index (χ4n) is 1.21. The van der Waals surface area contributed by atoms with E-state index in [9.17, 15) is 9.59 Å². The Balaban J connectivity index is 1.93. The zero-order valence-corrected chi connectivity index (χ0v) is 8.53. The number of aliphatic carboxylic acids is 1. The Bertz CT molecular complexity index is 473. The van der Waals surface area contributed by atoms with Crippen LogP contribution in [0.25, 0.3) is 0 Å². The van der Waals surface area contributed by atoms with E-state index in [1.165, 1.54) is 18.6 Å². The molecule has 2 N–H and O–H groups in total. The fourth-order valence-corrected chi connectivity index (χ4v) is 1.21. The molecule has 8 nitrogen and oxygen atoms in total. The second-order valence-electron chi connectivity index (χ2n) is 3.22. The summed E-state index contributed by atoms with van der Waals surface area (Å²) in [6.45, 7) is 0. The van der Waals surface area contributed by atoms with Crippen molar-refractivity contribution in [1.82, 2.24) is 9.97 Å². The summed E-state index contributed by atoms with van der Waals surface area (Å²) < 4.78 is 0. The lowest BCUT2D eigenvalue weighted by Gasteiger charge is -2.07. The molecule has 1 aromatic heterocycles. The highest BCUT2D eigenvalue weighted by Crippen LogP contribution is 2.12. The molecule has 1 aliphatic heterocycles. The summed E-state index contributed by atoms with van der Waals surface area (Å²) in [7, 11) is 0. The molecule has 88 valence electrons. The van der Waals surface area contributed by atoms with Crippen molar-refractivity contribution >= 4 is 23.4 Å². The lowest BCUT2D eigenvalue weighted by atomic mass is 10.2. The van der Waals surface area contributed by atoms with Gasteiger partial charge in [-0.3, -0.25) is 9.78 Å². The smallest absolute Gasteiger partial charge is 0.353 e. The molecular formula is C9H8N4O4. The first kappa shape index (κ1) is 11.0. The Hall–Kier alpha value is -2.51. The van der Waals surface area contributed by atoms with Crippen molar-refractivity contribution in [3.05, 3.63) is 18.6 Å². The van der Waals surface area contributed by atoms with Crippen LogP contribution >= 0.6 is 0 Å². The van der Waals surface area contributed by atoms with Gasteiger partial charge in [-0.15, -0.1) is 0 Å². The van der Waals surface area contributed by atoms with E-state index in [-0.39, 0.29) is 18.0 Å². The van der Waals surface area contributed by atoms with Gasteiger partial charge in [0.1, 0.15) is 0 Å². The molecule has 17 heavy (non-hydrogen) atoms. The number of rotatable bonds is 3. The summed E-state index contributed by atoms with van der Waals surface area (Å²) in [5.41, 5.74) is -0.177. The van der Waals surface area contributed by atoms with E-state index in [0.717, 1.165) is 0 Å². The number of hydrogen-bond donors (Lipinski definition) is 2. The molecule has 0 bridgehead atoms. The molecule has 0 saturated carbocycles. The molecule has 1 amide bonds. The lowest BCUT2D eigenvalue weighted by Crippen LogP contribution is -2.29. The number of carbonyl (C=O) groups is 2. The Morgan fingerprint density at radius 1 is 1.47 bits per heavy atom. The molecule has 2 heterocycles. The van der Waals surface area contributed by atoms with Gasteiger partial charge < -0.3 is 15.3 Å². The van der Waals surface area contributed by atoms with E-state index < -0.39 is 18.0 Å². The zero-order chi connectivity index (χ0) is 12.3. The highest BCUT2D eigenvalue weighted by molar-refractivity contribution is 6.36. The monoisotopic (exact) mass is 236 g/mol. The molecule has 1 aliphatic rings. The number of carboxylic acid groups (broad SMARTS) is 1. The second-order valence-corrected chi connectivity index (χ2v) is 3.22. The van der Waals surface area contributed by atoms with Gasteiger partial charge in [-0.1, -0.05) is 5.16 Å². The number of aromatic nitrogens is 2. The van der Waals surface area contributed by atoms with E-state index in [1.807, 2.05) is 0 Å². The summed E-state index contributed by atoms with van der Waals surface area (Å²) in [5.74, 6) is -1.44. The number of carbonyl (C=O) groups excluding carboxylic acids is 1. The minimum absolute atomic E-state index is 0.0680. The van der Waals surface area contributed by atoms with Gasteiger partial charge >= 0.3 is 5.97 Å². The molecule has 0 fully saturated rings. The number of anilines is 1. The summed E-state index contributed by atoms with van der Waals surface area (Å²) >= 11 is 0. The van der Waals surface area contributed by atoms with Crippen LogP contribution in [0.2, 0.25) is 0 Å². The number of nitrogens with zero attached hydrogens (tertiary/aromatic N) is 3. The predicted molar refractivity (Wildman–Crippen MR) is 55.2 cm³/mol. The SMILES string of the molecule is O=C(O)C1=NOC(C(=O)Nc2cnccn2)C1. The van der Waals surface area contributed by atoms with Crippen LogP contribution in [0.15, 0.2) is 23.7 Å². The summed E-state index contributed by atoms with van der Waals surface area (Å²) in [6, 6.07) is 0. The maximum Gasteiger partial charge on any atom is 0.353 e. The maximum absolute atomic E-state index is 11.6. The van der Waals surface area contributed by atoms with Crippen LogP contribution in [-0.2, 0) is 14.4 Å². The summed E-state index contributed by atoms with van der Waals surface area (Å²) in [4.78, 5) is 34.5. The predicted octanol–water partition coefficient (Wildman–Crippen LogP) is -0.355. The molecule has 0 spiro atoms. The van der Waals surface area contributed by atoms with E-state index in [0.29, 0.717) is 0 Å². The molecule has 1 aromatic rings. The van der Waals surface area contributed by atoms with Crippen LogP contribution in [0, 0.1) is 0 Å². The normalized spacial score (nSPS) is 18.1. The van der Waals surface area contributed by atoms with Gasteiger partial charge in [-0.25, -0.2) is 9.78 Å². The molecule has 1 atom stereocenters. The lowest BCUT2D eigenvalue weighted by molar-refractivity contribution is -0.129. The van der Waals surface area contributed by atoms with Crippen LogP contribution in [0.5, 0.6) is 0 Å². The van der Waals surface area contributed by atoms with Crippen LogP contribution in [0.4, 0.5) is 5.82 Å². The molecule has 8 heteroatoms. The average molecular weight is 236 g/mol. The largest absolute Gasteiger partial charge is 0.477 e. The zero-order valence-electron chi connectivity index (χ0n) is 8.53. The topological polar surface area (TPSA) is 114 Å². The molecule has 1 unspecified atom stereocenters. The van der Waals surface area contributed by atoms with Crippen LogP contribution in [0.1, 0.15) is 6.42 Å². The second kappa shape index (κ2) is 4.56. The van der Waals surface area contributed by atoms with Gasteiger partial charge in [0.25, 0.3) is 5.91 Å². The standard InChI is InChI=1S/C9H8N4O4/c14-8(12-7-4-10-1-2-11-7)6-3-5(9(15)16)13-17-6/h1-2,4,6H,3H2,(H,15,16)(H,11,12,14). The fraction of sp³-hybridized carbons (Fsp3) is 0.222. The number of hydrogen-bond acceptors (Lipinski definition) is 6. The van der Waals surface area contributed by atoms with Crippen LogP contribution in [0.3, 0.4) is 0 Å². The van der Waals surface area contributed by atoms with Gasteiger partial charge in [0.15, 0.2) is 11.5 Å². The first-order valence-electron chi connectivity index (χ1n) is 4.69. The number of oxime groups is 1. The number of nitrogens with one attached hydrogen (secondary N) is 1. The third-order valence-electron chi connectivity index (χ3n) is 2.02. The minimum atomic E-state index is -1.19. The maximum atomic E-state index is 11.6. The van der Waals surface area contributed by atoms with Gasteiger partial charge in [-0.2, -0.15) is 0 Å². The highest BCUT2D eigenvalue weighted by Gasteiger charge is 2.31. The van der Waals surface area contributed by atoms with Crippen molar-refractivity contribution in [2.75, 3.05) is 5.32 Å². The number of carboxylic acids is 1. The minimum Gasteiger partial charge on any atom is -0.477 e. The van der Waals surface area contributed by atoms with Gasteiger partial charge in [0.05, 0.1) is 6.20 Å². The molecule has 0 radical (unpaired) electrons. The van der Waals surface area contributed by atoms with Gasteiger partial charge in [0, 0.05) is 18.8 Å². The first-order valence-corrected chi connectivity index (χ1v) is 4.69. The van der Waals surface area contributed by atoms with Gasteiger partial charge in [-0.05, 0) is 0 Å². The first-order chi connectivity index (χ1) is 8.16. The Morgan fingerprint density at radius 3 is 2.88 bits per heavy atom. The van der Waals surface area contributed by atoms with E-state index in [4.69, 9.17) is 9.94 Å². The average Bonchev–Trinajstić information content (AvgIpc) is 2.79. The molecule has 0 aromatic carbocycles. The molecule has 2 rings (SSSR count). The third-order valence-corrected chi connectivity index (χ3v) is 2.02. The summed E-state index contributed by atoms with van der Waals surface area (Å²) in [6.07, 6.45) is 3.24. The Labute approximate surface area is 95.3 Å². The van der Waals surface area contributed by atoms with Crippen molar-refractivity contribution in [3.63, 3.8) is 0 Å². The van der Waals surface area contributed by atoms with E-state index in [2.05, 4.69) is 20.4 Å². The molecule has 0 aliphatic carbocycles. The third kappa shape index (κ3) is 2.54. The molecular weight excluding hydrogens is 228 g/mol. The van der Waals surface area contributed by atoms with E-state index in [1.54, 1.807) is 0 Å². The van der Waals surface area contributed by atoms with Crippen LogP contribution < -0.4 is 5.32 Å². The molecule has 0 saturated heterocycles. The summed E-state index contributed by atoms with van der Waals surface area (Å²) in [5, 5.41) is 14.4. The highest BCUT2D eigenvalue weighted by atomic mass is 16.6. The van der Waals surface area contributed by atoms with Crippen molar-refractivity contribution in [2.45, 2.75) is 12.5 Å². The van der Waals surface area contributed by atoms with Crippen molar-refractivity contribution in [1.29, 1.82) is 0 Å². The quantitative estimate of drug-likeness (QED) is 0.741. The van der Waals surface area contributed by atoms with Crippen molar-refractivity contribution in [3.8, 4) is 0 Å². The van der Waals surface area contributed by atoms with Crippen molar-refractivity contribution < 1.29 is 19.5 Å². The van der Waals surface area contributed by atoms with E-state index >= 15 is 0 Å². The van der Waals surface area contributed by atoms with Gasteiger partial charge in [0.2, 0.25) is 6.10 Å². The Morgan fingerprint density at radius 2 is 2.29 bits per heavy atom. The van der Waals surface area contributed by atoms with Crippen molar-refractivity contribution in [2.24, 2.45) is 5.16 Å². The Kier molecular flexibility index (Phi) is 2.95. The number of amides is 1.